The molecule has 1 aliphatic carbocycles. The van der Waals surface area contributed by atoms with E-state index in [0.29, 0.717) is 23.4 Å². The van der Waals surface area contributed by atoms with Gasteiger partial charge >= 0.3 is 5.97 Å². The van der Waals surface area contributed by atoms with Crippen LogP contribution in [0.1, 0.15) is 72.2 Å². The van der Waals surface area contributed by atoms with Crippen LogP contribution in [0.25, 0.3) is 0 Å². The van der Waals surface area contributed by atoms with Gasteiger partial charge in [-0.2, -0.15) is 0 Å². The zero-order valence-corrected chi connectivity index (χ0v) is 18.1. The smallest absolute Gasteiger partial charge is 0.338 e. The Kier molecular flexibility index (Phi) is 7.82. The molecule has 0 aliphatic heterocycles. The van der Waals surface area contributed by atoms with Gasteiger partial charge in [-0.05, 0) is 62.6 Å². The van der Waals surface area contributed by atoms with Gasteiger partial charge in [0, 0.05) is 23.7 Å². The van der Waals surface area contributed by atoms with Gasteiger partial charge in [-0.15, -0.1) is 0 Å². The van der Waals surface area contributed by atoms with Crippen LogP contribution in [-0.2, 0) is 16.1 Å². The molecule has 1 fully saturated rings. The first-order valence-corrected chi connectivity index (χ1v) is 10.9. The highest BCUT2D eigenvalue weighted by Crippen LogP contribution is 2.23. The van der Waals surface area contributed by atoms with Crippen molar-refractivity contribution in [2.75, 3.05) is 5.32 Å². The minimum absolute atomic E-state index is 0.123. The average Bonchev–Trinajstić information content (AvgIpc) is 2.78. The standard InChI is InChI=1S/C25H30N2O4/c1-17(2)31-25(30)21-9-6-10-22(15-21)27-24(29)20-13-11-18(12-14-20)16-26-23(28)19-7-4-3-5-8-19/h6,9-15,17,19H,3-5,7-8,16H2,1-2H3,(H,26,28)(H,27,29). The van der Waals surface area contributed by atoms with Gasteiger partial charge in [-0.25, -0.2) is 4.79 Å². The number of esters is 1. The molecule has 0 aromatic heterocycles. The molecule has 2 amide bonds. The monoisotopic (exact) mass is 422 g/mol. The summed E-state index contributed by atoms with van der Waals surface area (Å²) in [5.74, 6) is -0.442. The zero-order valence-electron chi connectivity index (χ0n) is 18.1. The van der Waals surface area contributed by atoms with Crippen LogP contribution < -0.4 is 10.6 Å². The Morgan fingerprint density at radius 2 is 1.68 bits per heavy atom. The van der Waals surface area contributed by atoms with E-state index in [1.165, 1.54) is 6.42 Å². The molecule has 6 heteroatoms. The number of hydrogen-bond donors (Lipinski definition) is 2. The van der Waals surface area contributed by atoms with E-state index in [-0.39, 0.29) is 23.8 Å². The summed E-state index contributed by atoms with van der Waals surface area (Å²) in [6, 6.07) is 13.8. The Morgan fingerprint density at radius 3 is 2.35 bits per heavy atom. The molecule has 1 saturated carbocycles. The molecule has 164 valence electrons. The van der Waals surface area contributed by atoms with Gasteiger partial charge in [0.2, 0.25) is 5.91 Å². The normalized spacial score (nSPS) is 14.2. The summed E-state index contributed by atoms with van der Waals surface area (Å²) < 4.78 is 5.19. The molecule has 0 radical (unpaired) electrons. The van der Waals surface area contributed by atoms with Crippen LogP contribution in [-0.4, -0.2) is 23.9 Å². The van der Waals surface area contributed by atoms with Crippen LogP contribution in [0.15, 0.2) is 48.5 Å². The Bertz CT molecular complexity index is 915. The summed E-state index contributed by atoms with van der Waals surface area (Å²) in [5.41, 5.74) is 2.35. The average molecular weight is 423 g/mol. The quantitative estimate of drug-likeness (QED) is 0.634. The van der Waals surface area contributed by atoms with E-state index < -0.39 is 5.97 Å². The molecule has 31 heavy (non-hydrogen) atoms. The SMILES string of the molecule is CC(C)OC(=O)c1cccc(NC(=O)c2ccc(CNC(=O)C3CCCCC3)cc2)c1. The third-order valence-electron chi connectivity index (χ3n) is 5.36. The summed E-state index contributed by atoms with van der Waals surface area (Å²) in [4.78, 5) is 36.9. The largest absolute Gasteiger partial charge is 0.459 e. The predicted molar refractivity (Wildman–Crippen MR) is 120 cm³/mol. The van der Waals surface area contributed by atoms with Crippen molar-refractivity contribution in [3.63, 3.8) is 0 Å². The molecular weight excluding hydrogens is 392 g/mol. The topological polar surface area (TPSA) is 84.5 Å². The number of carbonyl (C=O) groups is 3. The number of hydrogen-bond acceptors (Lipinski definition) is 4. The summed E-state index contributed by atoms with van der Waals surface area (Å²) >= 11 is 0. The molecule has 0 bridgehead atoms. The Labute approximate surface area is 183 Å². The molecule has 0 atom stereocenters. The predicted octanol–water partition coefficient (Wildman–Crippen LogP) is 4.70. The summed E-state index contributed by atoms with van der Waals surface area (Å²) in [6.45, 7) is 4.03. The second-order valence-corrected chi connectivity index (χ2v) is 8.24. The van der Waals surface area contributed by atoms with Gasteiger partial charge < -0.3 is 15.4 Å². The summed E-state index contributed by atoms with van der Waals surface area (Å²) in [5, 5.41) is 5.81. The lowest BCUT2D eigenvalue weighted by Gasteiger charge is -2.20. The number of ether oxygens (including phenoxy) is 1. The van der Waals surface area contributed by atoms with Gasteiger partial charge in [0.1, 0.15) is 0 Å². The summed E-state index contributed by atoms with van der Waals surface area (Å²) in [6.07, 6.45) is 5.21. The van der Waals surface area contributed by atoms with Crippen LogP contribution >= 0.6 is 0 Å². The highest BCUT2D eigenvalue weighted by Gasteiger charge is 2.20. The van der Waals surface area contributed by atoms with Crippen molar-refractivity contribution < 1.29 is 19.1 Å². The molecule has 0 spiro atoms. The number of rotatable bonds is 7. The van der Waals surface area contributed by atoms with Crippen molar-refractivity contribution in [3.05, 3.63) is 65.2 Å². The van der Waals surface area contributed by atoms with Gasteiger partial charge in [0.25, 0.3) is 5.91 Å². The first-order chi connectivity index (χ1) is 14.9. The molecular formula is C25H30N2O4. The fraction of sp³-hybridized carbons (Fsp3) is 0.400. The van der Waals surface area contributed by atoms with Gasteiger partial charge in [0.15, 0.2) is 0 Å². The van der Waals surface area contributed by atoms with Crippen molar-refractivity contribution >= 4 is 23.5 Å². The Morgan fingerprint density at radius 1 is 0.968 bits per heavy atom. The number of anilines is 1. The third-order valence-corrected chi connectivity index (χ3v) is 5.36. The van der Waals surface area contributed by atoms with E-state index in [9.17, 15) is 14.4 Å². The molecule has 2 aromatic carbocycles. The lowest BCUT2D eigenvalue weighted by Crippen LogP contribution is -2.31. The highest BCUT2D eigenvalue weighted by molar-refractivity contribution is 6.04. The fourth-order valence-corrected chi connectivity index (χ4v) is 3.68. The van der Waals surface area contributed by atoms with Crippen LogP contribution in [0.4, 0.5) is 5.69 Å². The fourth-order valence-electron chi connectivity index (χ4n) is 3.68. The molecule has 2 N–H and O–H groups in total. The van der Waals surface area contributed by atoms with E-state index in [1.807, 2.05) is 12.1 Å². The lowest BCUT2D eigenvalue weighted by molar-refractivity contribution is -0.126. The second kappa shape index (κ2) is 10.8. The number of carbonyl (C=O) groups excluding carboxylic acids is 3. The molecule has 3 rings (SSSR count). The summed E-state index contributed by atoms with van der Waals surface area (Å²) in [7, 11) is 0. The van der Waals surface area contributed by atoms with Gasteiger partial charge in [0.05, 0.1) is 11.7 Å². The maximum atomic E-state index is 12.6. The van der Waals surface area contributed by atoms with Crippen LogP contribution in [0, 0.1) is 5.92 Å². The number of benzene rings is 2. The van der Waals surface area contributed by atoms with Crippen molar-refractivity contribution in [3.8, 4) is 0 Å². The minimum Gasteiger partial charge on any atom is -0.459 e. The molecule has 0 saturated heterocycles. The maximum Gasteiger partial charge on any atom is 0.338 e. The minimum atomic E-state index is -0.425. The zero-order chi connectivity index (χ0) is 22.2. The third kappa shape index (κ3) is 6.67. The second-order valence-electron chi connectivity index (χ2n) is 8.24. The van der Waals surface area contributed by atoms with E-state index in [1.54, 1.807) is 50.2 Å². The van der Waals surface area contributed by atoms with Crippen LogP contribution in [0.5, 0.6) is 0 Å². The first-order valence-electron chi connectivity index (χ1n) is 10.9. The number of amides is 2. The molecule has 1 aliphatic rings. The molecule has 6 nitrogen and oxygen atoms in total. The van der Waals surface area contributed by atoms with Crippen molar-refractivity contribution in [2.45, 2.75) is 58.6 Å². The van der Waals surface area contributed by atoms with E-state index in [4.69, 9.17) is 4.74 Å². The maximum absolute atomic E-state index is 12.6. The van der Waals surface area contributed by atoms with E-state index >= 15 is 0 Å². The van der Waals surface area contributed by atoms with Crippen LogP contribution in [0.2, 0.25) is 0 Å². The van der Waals surface area contributed by atoms with Gasteiger partial charge in [-0.3, -0.25) is 9.59 Å². The molecule has 0 heterocycles. The Hall–Kier alpha value is -3.15. The van der Waals surface area contributed by atoms with Crippen molar-refractivity contribution in [1.29, 1.82) is 0 Å². The first kappa shape index (κ1) is 22.5. The molecule has 2 aromatic rings. The van der Waals surface area contributed by atoms with Crippen molar-refractivity contribution in [2.24, 2.45) is 5.92 Å². The highest BCUT2D eigenvalue weighted by atomic mass is 16.5. The van der Waals surface area contributed by atoms with E-state index in [0.717, 1.165) is 31.2 Å². The Balaban J connectivity index is 1.54. The van der Waals surface area contributed by atoms with E-state index in [2.05, 4.69) is 10.6 Å². The lowest BCUT2D eigenvalue weighted by atomic mass is 9.88. The van der Waals surface area contributed by atoms with Crippen LogP contribution in [0.3, 0.4) is 0 Å². The molecule has 0 unspecified atom stereocenters. The van der Waals surface area contributed by atoms with Gasteiger partial charge in [-0.1, -0.05) is 37.5 Å². The number of nitrogens with one attached hydrogen (secondary N) is 2. The van der Waals surface area contributed by atoms with Crippen molar-refractivity contribution in [1.82, 2.24) is 5.32 Å².